The summed E-state index contributed by atoms with van der Waals surface area (Å²) in [7, 11) is 0. The third kappa shape index (κ3) is 5.04. The second-order valence-electron chi connectivity index (χ2n) is 4.71. The second-order valence-corrected chi connectivity index (χ2v) is 5.74. The van der Waals surface area contributed by atoms with Gasteiger partial charge in [0, 0.05) is 11.4 Å². The van der Waals surface area contributed by atoms with Gasteiger partial charge in [-0.15, -0.1) is 11.3 Å². The number of nitrogens with zero attached hydrogens (tertiary/aromatic N) is 1. The number of amides is 1. The Hall–Kier alpha value is -2.08. The minimum Gasteiger partial charge on any atom is -0.467 e. The molecule has 2 heterocycles. The van der Waals surface area contributed by atoms with Gasteiger partial charge in [0.15, 0.2) is 0 Å². The lowest BCUT2D eigenvalue weighted by Gasteiger charge is -2.21. The molecule has 1 amide bonds. The highest BCUT2D eigenvalue weighted by Crippen LogP contribution is 2.13. The molecule has 0 aliphatic rings. The summed E-state index contributed by atoms with van der Waals surface area (Å²) in [5.74, 6) is 0.377. The van der Waals surface area contributed by atoms with E-state index in [1.165, 1.54) is 0 Å². The molecule has 22 heavy (non-hydrogen) atoms. The van der Waals surface area contributed by atoms with Gasteiger partial charge in [-0.3, -0.25) is 9.59 Å². The van der Waals surface area contributed by atoms with E-state index in [1.54, 1.807) is 35.5 Å². The van der Waals surface area contributed by atoms with E-state index in [1.807, 2.05) is 23.6 Å². The zero-order valence-corrected chi connectivity index (χ0v) is 13.3. The van der Waals surface area contributed by atoms with Crippen LogP contribution in [0.5, 0.6) is 0 Å². The lowest BCUT2D eigenvalue weighted by molar-refractivity contribution is -0.144. The van der Waals surface area contributed by atoms with Crippen LogP contribution in [0.4, 0.5) is 0 Å². The van der Waals surface area contributed by atoms with Crippen molar-refractivity contribution in [1.29, 1.82) is 0 Å². The smallest absolute Gasteiger partial charge is 0.307 e. The van der Waals surface area contributed by atoms with Gasteiger partial charge in [-0.25, -0.2) is 0 Å². The summed E-state index contributed by atoms with van der Waals surface area (Å²) < 4.78 is 10.2. The normalized spacial score (nSPS) is 10.4. The van der Waals surface area contributed by atoms with Crippen LogP contribution in [0.25, 0.3) is 0 Å². The number of furan rings is 1. The number of hydrogen-bond donors (Lipinski definition) is 0. The number of ether oxygens (including phenoxy) is 1. The van der Waals surface area contributed by atoms with Gasteiger partial charge in [0.25, 0.3) is 0 Å². The van der Waals surface area contributed by atoms with Crippen LogP contribution in [0, 0.1) is 0 Å². The maximum Gasteiger partial charge on any atom is 0.307 e. The molecular weight excluding hydrogens is 302 g/mol. The molecule has 0 aliphatic heterocycles. The van der Waals surface area contributed by atoms with Crippen molar-refractivity contribution in [3.05, 3.63) is 46.5 Å². The number of carbonyl (C=O) groups excluding carboxylic acids is 2. The minimum absolute atomic E-state index is 0.0249. The lowest BCUT2D eigenvalue weighted by Crippen LogP contribution is -2.33. The standard InChI is InChI=1S/C16H19NO4S/c1-2-20-16(19)7-8-17(12-13-5-3-9-21-13)15(18)11-14-6-4-10-22-14/h3-6,9-10H,2,7-8,11-12H2,1H3. The first-order chi connectivity index (χ1) is 10.7. The Balaban J connectivity index is 1.96. The monoisotopic (exact) mass is 321 g/mol. The van der Waals surface area contributed by atoms with Crippen molar-refractivity contribution in [2.24, 2.45) is 0 Å². The number of carbonyl (C=O) groups is 2. The van der Waals surface area contributed by atoms with E-state index < -0.39 is 0 Å². The van der Waals surface area contributed by atoms with Gasteiger partial charge in [0.1, 0.15) is 5.76 Å². The van der Waals surface area contributed by atoms with E-state index in [4.69, 9.17) is 9.15 Å². The molecule has 0 bridgehead atoms. The molecule has 0 radical (unpaired) electrons. The van der Waals surface area contributed by atoms with Crippen molar-refractivity contribution in [3.8, 4) is 0 Å². The van der Waals surface area contributed by atoms with Crippen LogP contribution in [-0.2, 0) is 27.3 Å². The summed E-state index contributed by atoms with van der Waals surface area (Å²) >= 11 is 1.55. The molecule has 6 heteroatoms. The van der Waals surface area contributed by atoms with Gasteiger partial charge in [0.05, 0.1) is 32.3 Å². The second kappa shape index (κ2) is 8.38. The van der Waals surface area contributed by atoms with E-state index >= 15 is 0 Å². The Morgan fingerprint density at radius 3 is 2.82 bits per heavy atom. The van der Waals surface area contributed by atoms with Crippen molar-refractivity contribution in [3.63, 3.8) is 0 Å². The molecular formula is C16H19NO4S. The average molecular weight is 321 g/mol. The maximum atomic E-state index is 12.4. The fourth-order valence-corrected chi connectivity index (χ4v) is 2.71. The molecule has 0 N–H and O–H groups in total. The maximum absolute atomic E-state index is 12.4. The fraction of sp³-hybridized carbons (Fsp3) is 0.375. The van der Waals surface area contributed by atoms with Crippen LogP contribution in [-0.4, -0.2) is 29.9 Å². The first-order valence-electron chi connectivity index (χ1n) is 7.17. The Labute approximate surface area is 133 Å². The highest BCUT2D eigenvalue weighted by Gasteiger charge is 2.18. The van der Waals surface area contributed by atoms with Crippen LogP contribution in [0.3, 0.4) is 0 Å². The van der Waals surface area contributed by atoms with Crippen molar-refractivity contribution in [2.45, 2.75) is 26.3 Å². The Morgan fingerprint density at radius 2 is 2.18 bits per heavy atom. The van der Waals surface area contributed by atoms with E-state index in [0.29, 0.717) is 31.9 Å². The quantitative estimate of drug-likeness (QED) is 0.702. The fourth-order valence-electron chi connectivity index (χ4n) is 2.02. The molecule has 0 aliphatic carbocycles. The van der Waals surface area contributed by atoms with Gasteiger partial charge in [-0.1, -0.05) is 6.07 Å². The summed E-state index contributed by atoms with van der Waals surface area (Å²) in [5, 5.41) is 1.94. The molecule has 5 nitrogen and oxygen atoms in total. The largest absolute Gasteiger partial charge is 0.467 e. The van der Waals surface area contributed by atoms with Gasteiger partial charge in [-0.05, 0) is 30.5 Å². The zero-order valence-electron chi connectivity index (χ0n) is 12.5. The third-order valence-electron chi connectivity index (χ3n) is 3.08. The van der Waals surface area contributed by atoms with Crippen LogP contribution < -0.4 is 0 Å². The molecule has 2 aromatic heterocycles. The predicted octanol–water partition coefficient (Wildman–Crippen LogP) is 2.87. The summed E-state index contributed by atoms with van der Waals surface area (Å²) in [6, 6.07) is 7.44. The highest BCUT2D eigenvalue weighted by molar-refractivity contribution is 7.10. The van der Waals surface area contributed by atoms with Crippen molar-refractivity contribution < 1.29 is 18.7 Å². The molecule has 2 rings (SSSR count). The van der Waals surface area contributed by atoms with Crippen molar-refractivity contribution in [1.82, 2.24) is 4.90 Å². The predicted molar refractivity (Wildman–Crippen MR) is 83.4 cm³/mol. The van der Waals surface area contributed by atoms with E-state index in [0.717, 1.165) is 4.88 Å². The molecule has 2 aromatic rings. The summed E-state index contributed by atoms with van der Waals surface area (Å²) in [5.41, 5.74) is 0. The number of hydrogen-bond acceptors (Lipinski definition) is 5. The Bertz CT molecular complexity index is 577. The van der Waals surface area contributed by atoms with E-state index in [-0.39, 0.29) is 18.3 Å². The molecule has 0 unspecified atom stereocenters. The van der Waals surface area contributed by atoms with Crippen molar-refractivity contribution in [2.75, 3.05) is 13.2 Å². The third-order valence-corrected chi connectivity index (χ3v) is 3.95. The average Bonchev–Trinajstić information content (AvgIpc) is 3.17. The molecule has 0 spiro atoms. The summed E-state index contributed by atoms with van der Waals surface area (Å²) in [6.07, 6.45) is 2.09. The van der Waals surface area contributed by atoms with E-state index in [9.17, 15) is 9.59 Å². The van der Waals surface area contributed by atoms with Crippen LogP contribution in [0.1, 0.15) is 24.0 Å². The molecule has 0 saturated heterocycles. The lowest BCUT2D eigenvalue weighted by atomic mass is 10.2. The number of thiophene rings is 1. The number of esters is 1. The first kappa shape index (κ1) is 16.3. The zero-order chi connectivity index (χ0) is 15.8. The summed E-state index contributed by atoms with van der Waals surface area (Å²) in [6.45, 7) is 2.79. The van der Waals surface area contributed by atoms with Gasteiger partial charge in [-0.2, -0.15) is 0 Å². The summed E-state index contributed by atoms with van der Waals surface area (Å²) in [4.78, 5) is 26.6. The molecule has 0 atom stereocenters. The van der Waals surface area contributed by atoms with Crippen LogP contribution >= 0.6 is 11.3 Å². The molecule has 0 fully saturated rings. The molecule has 118 valence electrons. The molecule has 0 aromatic carbocycles. The SMILES string of the molecule is CCOC(=O)CCN(Cc1ccco1)C(=O)Cc1cccs1. The Morgan fingerprint density at radius 1 is 1.32 bits per heavy atom. The van der Waals surface area contributed by atoms with Gasteiger partial charge in [0.2, 0.25) is 5.91 Å². The highest BCUT2D eigenvalue weighted by atomic mass is 32.1. The first-order valence-corrected chi connectivity index (χ1v) is 8.05. The van der Waals surface area contributed by atoms with Gasteiger partial charge < -0.3 is 14.1 Å². The van der Waals surface area contributed by atoms with E-state index in [2.05, 4.69) is 0 Å². The Kier molecular flexibility index (Phi) is 6.21. The molecule has 0 saturated carbocycles. The number of rotatable bonds is 8. The minimum atomic E-state index is -0.295. The van der Waals surface area contributed by atoms with Gasteiger partial charge >= 0.3 is 5.97 Å². The van der Waals surface area contributed by atoms with Crippen LogP contribution in [0.2, 0.25) is 0 Å². The van der Waals surface area contributed by atoms with Crippen molar-refractivity contribution >= 4 is 23.2 Å². The van der Waals surface area contributed by atoms with Crippen LogP contribution in [0.15, 0.2) is 40.3 Å². The topological polar surface area (TPSA) is 59.8 Å².